The van der Waals surface area contributed by atoms with Crippen molar-refractivity contribution < 1.29 is 19.2 Å². The van der Waals surface area contributed by atoms with Crippen LogP contribution in [-0.2, 0) is 9.59 Å². The summed E-state index contributed by atoms with van der Waals surface area (Å²) < 4.78 is 2.01. The lowest BCUT2D eigenvalue weighted by Gasteiger charge is -2.29. The molecule has 50 heavy (non-hydrogen) atoms. The molecule has 2 atom stereocenters. The molecule has 256 valence electrons. The molecule has 0 bridgehead atoms. The number of carbonyl (C=O) groups is 4. The van der Waals surface area contributed by atoms with Gasteiger partial charge in [-0.15, -0.1) is 21.5 Å². The number of nitrogens with zero attached hydrogens (tertiary/aromatic N) is 5. The minimum absolute atomic E-state index is 0.0709. The van der Waals surface area contributed by atoms with Crippen molar-refractivity contribution in [3.63, 3.8) is 0 Å². The van der Waals surface area contributed by atoms with Crippen molar-refractivity contribution >= 4 is 57.8 Å². The molecule has 0 radical (unpaired) electrons. The van der Waals surface area contributed by atoms with Crippen LogP contribution in [0.1, 0.15) is 92.1 Å². The largest absolute Gasteiger partial charge is 0.384 e. The Balaban J connectivity index is 1.02. The molecule has 11 nitrogen and oxygen atoms in total. The van der Waals surface area contributed by atoms with Crippen LogP contribution >= 0.6 is 22.9 Å². The van der Waals surface area contributed by atoms with Gasteiger partial charge < -0.3 is 10.6 Å². The number of halogens is 1. The van der Waals surface area contributed by atoms with E-state index in [0.29, 0.717) is 48.9 Å². The van der Waals surface area contributed by atoms with Gasteiger partial charge in [0.05, 0.1) is 29.3 Å². The maximum Gasteiger partial charge on any atom is 0.264 e. The van der Waals surface area contributed by atoms with Crippen LogP contribution in [0.5, 0.6) is 0 Å². The molecule has 2 N–H and O–H groups in total. The average molecular weight is 710 g/mol. The third kappa shape index (κ3) is 5.96. The third-order valence-corrected chi connectivity index (χ3v) is 11.0. The summed E-state index contributed by atoms with van der Waals surface area (Å²) in [5.41, 5.74) is 5.71. The number of ketones is 1. The van der Waals surface area contributed by atoms with E-state index in [1.165, 1.54) is 4.88 Å². The van der Waals surface area contributed by atoms with Crippen LogP contribution in [0.15, 0.2) is 59.6 Å². The molecule has 1 saturated carbocycles. The smallest absolute Gasteiger partial charge is 0.264 e. The predicted molar refractivity (Wildman–Crippen MR) is 193 cm³/mol. The van der Waals surface area contributed by atoms with Gasteiger partial charge in [-0.25, -0.2) is 0 Å². The molecule has 1 unspecified atom stereocenters. The SMILES string of the molecule is C=C1CCC(N2C(=O)c3cccc(NCCCNC(=O)C[C@@H]4N=C(c5ccc(Cl)cc5)c5c(sc(C)c5C)-n5c(C)nnc54)c3C2=O)C(=O)C1. The highest BCUT2D eigenvalue weighted by Crippen LogP contribution is 2.40. The Bertz CT molecular complexity index is 2120. The van der Waals surface area contributed by atoms with E-state index in [0.717, 1.165) is 43.7 Å². The maximum atomic E-state index is 13.5. The lowest BCUT2D eigenvalue weighted by Crippen LogP contribution is -2.46. The van der Waals surface area contributed by atoms with Crippen molar-refractivity contribution in [3.05, 3.63) is 104 Å². The number of carbonyl (C=O) groups excluding carboxylic acids is 4. The van der Waals surface area contributed by atoms with E-state index in [2.05, 4.69) is 41.3 Å². The topological polar surface area (TPSA) is 139 Å². The number of hydrogen-bond acceptors (Lipinski definition) is 9. The van der Waals surface area contributed by atoms with Crippen LogP contribution in [-0.4, -0.2) is 68.0 Å². The van der Waals surface area contributed by atoms with Gasteiger partial charge >= 0.3 is 0 Å². The first kappa shape index (κ1) is 33.6. The van der Waals surface area contributed by atoms with E-state index in [4.69, 9.17) is 16.6 Å². The van der Waals surface area contributed by atoms with Gasteiger partial charge in [0.15, 0.2) is 11.6 Å². The maximum absolute atomic E-state index is 13.5. The second kappa shape index (κ2) is 13.4. The average Bonchev–Trinajstić information content (AvgIpc) is 3.66. The number of aliphatic imine (C=N–C) groups is 1. The molecule has 4 heterocycles. The minimum Gasteiger partial charge on any atom is -0.384 e. The molecule has 0 saturated heterocycles. The minimum atomic E-state index is -0.770. The quantitative estimate of drug-likeness (QED) is 0.122. The molecule has 0 spiro atoms. The number of aromatic nitrogens is 3. The highest BCUT2D eigenvalue weighted by atomic mass is 35.5. The summed E-state index contributed by atoms with van der Waals surface area (Å²) >= 11 is 7.87. The fraction of sp³-hybridized carbons (Fsp3) is 0.324. The molecule has 1 aliphatic carbocycles. The number of hydrogen-bond donors (Lipinski definition) is 2. The van der Waals surface area contributed by atoms with Crippen molar-refractivity contribution in [1.29, 1.82) is 0 Å². The number of allylic oxidation sites excluding steroid dienone is 1. The Labute approximate surface area is 298 Å². The van der Waals surface area contributed by atoms with Crippen molar-refractivity contribution in [3.8, 4) is 5.00 Å². The van der Waals surface area contributed by atoms with Gasteiger partial charge in [0.1, 0.15) is 16.9 Å². The number of nitrogens with one attached hydrogen (secondary N) is 2. The van der Waals surface area contributed by atoms with Gasteiger partial charge in [0.25, 0.3) is 11.8 Å². The van der Waals surface area contributed by atoms with Gasteiger partial charge in [0, 0.05) is 46.2 Å². The van der Waals surface area contributed by atoms with Gasteiger partial charge in [-0.05, 0) is 69.9 Å². The molecule has 1 fully saturated rings. The summed E-state index contributed by atoms with van der Waals surface area (Å²) in [4.78, 5) is 60.2. The zero-order valence-electron chi connectivity index (χ0n) is 28.0. The Hall–Kier alpha value is -4.94. The molecular formula is C37H36ClN7O4S. The number of rotatable bonds is 9. The number of aryl methyl sites for hydroxylation is 2. The first-order valence-electron chi connectivity index (χ1n) is 16.6. The molecule has 2 aliphatic heterocycles. The van der Waals surface area contributed by atoms with E-state index in [1.54, 1.807) is 29.5 Å². The van der Waals surface area contributed by atoms with Crippen molar-refractivity contribution in [2.24, 2.45) is 4.99 Å². The standard InChI is InChI=1S/C37H36ClN7O4S/c1-19-9-14-28(29(46)17-19)45-35(48)25-7-5-8-26(32(25)36(45)49)39-15-6-16-40-30(47)18-27-34-43-42-22(4)44(34)37-31(20(2)21(3)50-37)33(41-27)23-10-12-24(38)13-11-23/h5,7-8,10-13,27-28,39H,1,6,9,14-18H2,2-4H3,(H,40,47)/t27-,28?/m0/s1. The van der Waals surface area contributed by atoms with Crippen LogP contribution in [0.4, 0.5) is 5.69 Å². The number of thiophene rings is 1. The van der Waals surface area contributed by atoms with E-state index in [1.807, 2.05) is 35.8 Å². The predicted octanol–water partition coefficient (Wildman–Crippen LogP) is 6.08. The number of amides is 3. The van der Waals surface area contributed by atoms with Gasteiger partial charge in [0.2, 0.25) is 5.91 Å². The van der Waals surface area contributed by atoms with Crippen molar-refractivity contribution in [2.45, 2.75) is 65.0 Å². The normalized spacial score (nSPS) is 18.4. The first-order chi connectivity index (χ1) is 24.0. The summed E-state index contributed by atoms with van der Waals surface area (Å²) in [5.74, 6) is 0.0793. The fourth-order valence-corrected chi connectivity index (χ4v) is 8.22. The third-order valence-electron chi connectivity index (χ3n) is 9.55. The first-order valence-corrected chi connectivity index (χ1v) is 17.8. The summed E-state index contributed by atoms with van der Waals surface area (Å²) in [6.45, 7) is 10.8. The molecule has 4 aromatic rings. The molecular weight excluding hydrogens is 674 g/mol. The number of anilines is 1. The number of benzene rings is 2. The second-order valence-electron chi connectivity index (χ2n) is 12.9. The Morgan fingerprint density at radius 2 is 1.80 bits per heavy atom. The molecule has 3 aliphatic rings. The zero-order chi connectivity index (χ0) is 35.3. The number of imide groups is 1. The Morgan fingerprint density at radius 3 is 2.56 bits per heavy atom. The number of fused-ring (bicyclic) bond motifs is 4. The lowest BCUT2D eigenvalue weighted by molar-refractivity contribution is -0.123. The van der Waals surface area contributed by atoms with Crippen LogP contribution in [0.3, 0.4) is 0 Å². The van der Waals surface area contributed by atoms with Crippen LogP contribution in [0.25, 0.3) is 5.00 Å². The monoisotopic (exact) mass is 709 g/mol. The van der Waals surface area contributed by atoms with E-state index < -0.39 is 23.9 Å². The summed E-state index contributed by atoms with van der Waals surface area (Å²) in [6, 6.07) is 11.3. The second-order valence-corrected chi connectivity index (χ2v) is 14.5. The summed E-state index contributed by atoms with van der Waals surface area (Å²) in [5, 5.41) is 16.7. The van der Waals surface area contributed by atoms with Gasteiger partial charge in [-0.2, -0.15) is 0 Å². The molecule has 7 rings (SSSR count). The van der Waals surface area contributed by atoms with E-state index >= 15 is 0 Å². The molecule has 2 aromatic heterocycles. The van der Waals surface area contributed by atoms with E-state index in [9.17, 15) is 19.2 Å². The van der Waals surface area contributed by atoms with Crippen LogP contribution < -0.4 is 10.6 Å². The van der Waals surface area contributed by atoms with Crippen molar-refractivity contribution in [1.82, 2.24) is 25.0 Å². The van der Waals surface area contributed by atoms with Crippen LogP contribution in [0.2, 0.25) is 5.02 Å². The Kier molecular flexibility index (Phi) is 9.00. The highest BCUT2D eigenvalue weighted by Gasteiger charge is 2.44. The van der Waals surface area contributed by atoms with E-state index in [-0.39, 0.29) is 35.7 Å². The Morgan fingerprint density at radius 1 is 1.02 bits per heavy atom. The van der Waals surface area contributed by atoms with Gasteiger partial charge in [-0.3, -0.25) is 33.6 Å². The molecule has 2 aromatic carbocycles. The van der Waals surface area contributed by atoms with Crippen LogP contribution in [0, 0.1) is 20.8 Å². The molecule has 13 heteroatoms. The van der Waals surface area contributed by atoms with Gasteiger partial charge in [-0.1, -0.05) is 42.0 Å². The zero-order valence-corrected chi connectivity index (χ0v) is 29.6. The summed E-state index contributed by atoms with van der Waals surface area (Å²) in [6.07, 6.45) is 1.80. The summed E-state index contributed by atoms with van der Waals surface area (Å²) in [7, 11) is 0. The van der Waals surface area contributed by atoms with Crippen molar-refractivity contribution in [2.75, 3.05) is 18.4 Å². The number of Topliss-reactive ketones (excluding diaryl/α,β-unsaturated/α-hetero) is 1. The highest BCUT2D eigenvalue weighted by molar-refractivity contribution is 7.15. The fourth-order valence-electron chi connectivity index (χ4n) is 6.88. The lowest BCUT2D eigenvalue weighted by atomic mass is 9.89. The molecule has 3 amide bonds.